The summed E-state index contributed by atoms with van der Waals surface area (Å²) in [6.45, 7) is 0. The molecule has 0 aromatic carbocycles. The van der Waals surface area contributed by atoms with Crippen LogP contribution in [0.15, 0.2) is 0 Å². The van der Waals surface area contributed by atoms with Crippen molar-refractivity contribution in [3.05, 3.63) is 0 Å². The first-order valence-electron chi connectivity index (χ1n) is 9.88. The average molecular weight is 349 g/mol. The summed E-state index contributed by atoms with van der Waals surface area (Å²) >= 11 is 0.992. The molecule has 116 valence electrons. The molecule has 0 heterocycles. The molecule has 8 bridgehead atoms. The van der Waals surface area contributed by atoms with Crippen LogP contribution in [0, 0.1) is 35.5 Å². The zero-order valence-electron chi connectivity index (χ0n) is 13.4. The van der Waals surface area contributed by atoms with E-state index in [9.17, 15) is 0 Å². The molecule has 0 saturated heterocycles. The molecule has 0 N–H and O–H groups in total. The standard InChI is InChI=1S/C20H30Se/c1-13-2-15-3-14(1)8-19(7-13,9-15)21-20-10-16-4-17(11-20)6-18(5-16)12-20/h13-18H,1-12H2. The van der Waals surface area contributed by atoms with Crippen molar-refractivity contribution in [2.45, 2.75) is 85.7 Å². The minimum absolute atomic E-state index is 0.910. The third-order valence-electron chi connectivity index (χ3n) is 8.40. The van der Waals surface area contributed by atoms with E-state index in [1.807, 2.05) is 0 Å². The molecule has 0 amide bonds. The molecule has 0 atom stereocenters. The summed E-state index contributed by atoms with van der Waals surface area (Å²) in [5, 5.41) is 0. The summed E-state index contributed by atoms with van der Waals surface area (Å²) in [5.74, 6) is 7.04. The van der Waals surface area contributed by atoms with Gasteiger partial charge in [0.1, 0.15) is 0 Å². The Bertz CT molecular complexity index is 352. The Morgan fingerprint density at radius 2 is 0.667 bits per heavy atom. The van der Waals surface area contributed by atoms with Crippen molar-refractivity contribution in [3.63, 3.8) is 0 Å². The Balaban J connectivity index is 1.31. The Morgan fingerprint density at radius 3 is 0.905 bits per heavy atom. The van der Waals surface area contributed by atoms with Crippen LogP contribution < -0.4 is 0 Å². The Hall–Kier alpha value is 0.519. The second-order valence-corrected chi connectivity index (χ2v) is 14.4. The maximum absolute atomic E-state index is 1.68. The predicted octanol–water partition coefficient (Wildman–Crippen LogP) is 5.47. The van der Waals surface area contributed by atoms with Crippen LogP contribution in [0.2, 0.25) is 8.63 Å². The first-order chi connectivity index (χ1) is 10.2. The monoisotopic (exact) mass is 350 g/mol. The number of hydrogen-bond donors (Lipinski definition) is 0. The number of hydrogen-bond acceptors (Lipinski definition) is 0. The second kappa shape index (κ2) is 4.13. The zero-order valence-corrected chi connectivity index (χ0v) is 15.1. The van der Waals surface area contributed by atoms with Gasteiger partial charge in [-0.05, 0) is 0 Å². The third-order valence-corrected chi connectivity index (χ3v) is 12.3. The fourth-order valence-corrected chi connectivity index (χ4v) is 14.7. The van der Waals surface area contributed by atoms with Crippen molar-refractivity contribution in [2.24, 2.45) is 35.5 Å². The molecule has 0 radical (unpaired) electrons. The molecule has 8 saturated carbocycles. The van der Waals surface area contributed by atoms with Crippen LogP contribution in [-0.2, 0) is 0 Å². The molecule has 8 aliphatic carbocycles. The van der Waals surface area contributed by atoms with Crippen LogP contribution in [-0.4, -0.2) is 15.0 Å². The molecular formula is C20H30Se. The maximum atomic E-state index is 1.68. The zero-order chi connectivity index (χ0) is 13.7. The van der Waals surface area contributed by atoms with E-state index in [0.29, 0.717) is 0 Å². The van der Waals surface area contributed by atoms with E-state index in [-0.39, 0.29) is 0 Å². The van der Waals surface area contributed by atoms with Gasteiger partial charge in [-0.1, -0.05) is 0 Å². The van der Waals surface area contributed by atoms with Crippen LogP contribution in [0.3, 0.4) is 0 Å². The van der Waals surface area contributed by atoms with Gasteiger partial charge in [0.2, 0.25) is 0 Å². The first-order valence-corrected chi connectivity index (χ1v) is 11.6. The molecular weight excluding hydrogens is 319 g/mol. The minimum atomic E-state index is 0.910. The molecule has 0 spiro atoms. The molecule has 0 aromatic rings. The fourth-order valence-electron chi connectivity index (χ4n) is 8.77. The van der Waals surface area contributed by atoms with Gasteiger partial charge in [-0.25, -0.2) is 0 Å². The Morgan fingerprint density at radius 1 is 0.429 bits per heavy atom. The van der Waals surface area contributed by atoms with Crippen LogP contribution >= 0.6 is 0 Å². The summed E-state index contributed by atoms with van der Waals surface area (Å²) in [4.78, 5) is 0. The van der Waals surface area contributed by atoms with Gasteiger partial charge in [-0.15, -0.1) is 0 Å². The van der Waals surface area contributed by atoms with E-state index in [1.54, 1.807) is 77.0 Å². The molecule has 21 heavy (non-hydrogen) atoms. The summed E-state index contributed by atoms with van der Waals surface area (Å²) in [6.07, 6.45) is 19.9. The van der Waals surface area contributed by atoms with Crippen molar-refractivity contribution >= 4 is 15.0 Å². The van der Waals surface area contributed by atoms with Gasteiger partial charge in [0, 0.05) is 0 Å². The molecule has 0 aliphatic heterocycles. The molecule has 0 unspecified atom stereocenters. The normalized spacial score (nSPS) is 63.4. The summed E-state index contributed by atoms with van der Waals surface area (Å²) in [5.41, 5.74) is 0. The van der Waals surface area contributed by atoms with E-state index in [2.05, 4.69) is 0 Å². The van der Waals surface area contributed by atoms with Gasteiger partial charge in [0.05, 0.1) is 0 Å². The third kappa shape index (κ3) is 1.92. The Labute approximate surface area is 136 Å². The molecule has 8 fully saturated rings. The van der Waals surface area contributed by atoms with Gasteiger partial charge in [-0.3, -0.25) is 0 Å². The molecule has 0 nitrogen and oxygen atoms in total. The quantitative estimate of drug-likeness (QED) is 0.580. The SMILES string of the molecule is C1C2CC3CC1CC([Se]C14CC5CC(CC(C5)C1)C4)(C2)C3. The molecule has 8 aliphatic rings. The van der Waals surface area contributed by atoms with Crippen LogP contribution in [0.4, 0.5) is 0 Å². The average Bonchev–Trinajstić information content (AvgIpc) is 2.33. The Kier molecular flexibility index (Phi) is 2.53. The van der Waals surface area contributed by atoms with Gasteiger partial charge in [0.15, 0.2) is 0 Å². The van der Waals surface area contributed by atoms with Crippen LogP contribution in [0.5, 0.6) is 0 Å². The van der Waals surface area contributed by atoms with Crippen LogP contribution in [0.25, 0.3) is 0 Å². The van der Waals surface area contributed by atoms with E-state index < -0.39 is 0 Å². The topological polar surface area (TPSA) is 0 Å². The predicted molar refractivity (Wildman–Crippen MR) is 87.5 cm³/mol. The van der Waals surface area contributed by atoms with E-state index in [1.165, 1.54) is 35.5 Å². The van der Waals surface area contributed by atoms with Gasteiger partial charge in [0.25, 0.3) is 0 Å². The number of rotatable bonds is 2. The van der Waals surface area contributed by atoms with E-state index in [0.717, 1.165) is 23.6 Å². The van der Waals surface area contributed by atoms with Crippen molar-refractivity contribution in [2.75, 3.05) is 0 Å². The van der Waals surface area contributed by atoms with Gasteiger partial charge < -0.3 is 0 Å². The molecule has 0 aromatic heterocycles. The van der Waals surface area contributed by atoms with Crippen LogP contribution in [0.1, 0.15) is 77.0 Å². The second-order valence-electron chi connectivity index (χ2n) is 10.3. The summed E-state index contributed by atoms with van der Waals surface area (Å²) in [6, 6.07) is 0. The molecule has 8 rings (SSSR count). The van der Waals surface area contributed by atoms with E-state index in [4.69, 9.17) is 0 Å². The van der Waals surface area contributed by atoms with Gasteiger partial charge in [-0.2, -0.15) is 0 Å². The van der Waals surface area contributed by atoms with Crippen molar-refractivity contribution in [1.82, 2.24) is 0 Å². The van der Waals surface area contributed by atoms with Gasteiger partial charge >= 0.3 is 136 Å². The van der Waals surface area contributed by atoms with Crippen molar-refractivity contribution in [3.8, 4) is 0 Å². The molecule has 1 heteroatoms. The fraction of sp³-hybridized carbons (Fsp3) is 1.00. The van der Waals surface area contributed by atoms with Crippen molar-refractivity contribution in [1.29, 1.82) is 0 Å². The summed E-state index contributed by atoms with van der Waals surface area (Å²) < 4.78 is 1.82. The summed E-state index contributed by atoms with van der Waals surface area (Å²) in [7, 11) is 0. The van der Waals surface area contributed by atoms with Crippen molar-refractivity contribution < 1.29 is 0 Å². The van der Waals surface area contributed by atoms with E-state index >= 15 is 0 Å². The first kappa shape index (κ1) is 12.9.